The van der Waals surface area contributed by atoms with Crippen LogP contribution >= 0.6 is 27.5 Å². The number of sulfonamides is 1. The first-order valence-electron chi connectivity index (χ1n) is 6.39. The van der Waals surface area contributed by atoms with Crippen LogP contribution in [0.2, 0.25) is 5.02 Å². The minimum atomic E-state index is -3.58. The van der Waals surface area contributed by atoms with Gasteiger partial charge in [0.2, 0.25) is 10.0 Å². The summed E-state index contributed by atoms with van der Waals surface area (Å²) in [7, 11) is -2.13. The number of hydrogen-bond acceptors (Lipinski definition) is 3. The smallest absolute Gasteiger partial charge is 0.246 e. The third-order valence-corrected chi connectivity index (χ3v) is 6.25. The molecule has 0 amide bonds. The summed E-state index contributed by atoms with van der Waals surface area (Å²) in [5.74, 6) is 0.863. The maximum atomic E-state index is 12.7. The fourth-order valence-corrected chi connectivity index (χ4v) is 5.13. The fraction of sp³-hybridized carbons (Fsp3) is 0.538. The molecule has 0 aliphatic carbocycles. The van der Waals surface area contributed by atoms with Crippen LogP contribution in [0, 0.1) is 5.92 Å². The van der Waals surface area contributed by atoms with Gasteiger partial charge in [-0.3, -0.25) is 0 Å². The van der Waals surface area contributed by atoms with Crippen LogP contribution in [0.3, 0.4) is 0 Å². The summed E-state index contributed by atoms with van der Waals surface area (Å²) in [6.07, 6.45) is 1.76. The van der Waals surface area contributed by atoms with Gasteiger partial charge in [0, 0.05) is 18.1 Å². The summed E-state index contributed by atoms with van der Waals surface area (Å²) in [4.78, 5) is 0.119. The molecule has 1 aromatic rings. The molecule has 20 heavy (non-hydrogen) atoms. The molecule has 1 saturated heterocycles. The SMILES string of the molecule is COc1c(Br)cc(Cl)cc1S(=O)(=O)N1CCC(C)CC1. The first-order chi connectivity index (χ1) is 9.36. The molecular weight excluding hydrogens is 366 g/mol. The van der Waals surface area contributed by atoms with E-state index >= 15 is 0 Å². The molecule has 0 bridgehead atoms. The molecule has 0 atom stereocenters. The lowest BCUT2D eigenvalue weighted by molar-refractivity contribution is 0.287. The summed E-state index contributed by atoms with van der Waals surface area (Å²) in [5.41, 5.74) is 0. The van der Waals surface area contributed by atoms with Crippen molar-refractivity contribution in [1.82, 2.24) is 4.31 Å². The number of benzene rings is 1. The molecule has 0 N–H and O–H groups in total. The van der Waals surface area contributed by atoms with Gasteiger partial charge in [-0.05, 0) is 46.8 Å². The van der Waals surface area contributed by atoms with E-state index in [0.717, 1.165) is 12.8 Å². The van der Waals surface area contributed by atoms with Gasteiger partial charge in [-0.15, -0.1) is 0 Å². The van der Waals surface area contributed by atoms with Gasteiger partial charge in [0.05, 0.1) is 11.6 Å². The minimum absolute atomic E-state index is 0.119. The Morgan fingerprint density at radius 3 is 2.50 bits per heavy atom. The Hall–Kier alpha value is -0.300. The highest BCUT2D eigenvalue weighted by molar-refractivity contribution is 9.10. The van der Waals surface area contributed by atoms with Gasteiger partial charge in [-0.25, -0.2) is 8.42 Å². The van der Waals surface area contributed by atoms with Gasteiger partial charge in [0.1, 0.15) is 4.90 Å². The molecule has 1 fully saturated rings. The number of hydrogen-bond donors (Lipinski definition) is 0. The first-order valence-corrected chi connectivity index (χ1v) is 9.00. The summed E-state index contributed by atoms with van der Waals surface area (Å²) in [6, 6.07) is 3.07. The Bertz CT molecular complexity index is 598. The summed E-state index contributed by atoms with van der Waals surface area (Å²) >= 11 is 9.27. The molecular formula is C13H17BrClNO3S. The molecule has 0 unspecified atom stereocenters. The highest BCUT2D eigenvalue weighted by Gasteiger charge is 2.31. The van der Waals surface area contributed by atoms with Crippen LogP contribution in [-0.2, 0) is 10.0 Å². The molecule has 7 heteroatoms. The number of halogens is 2. The highest BCUT2D eigenvalue weighted by atomic mass is 79.9. The van der Waals surface area contributed by atoms with Crippen LogP contribution in [0.15, 0.2) is 21.5 Å². The van der Waals surface area contributed by atoms with Crippen LogP contribution < -0.4 is 4.74 Å². The van der Waals surface area contributed by atoms with Crippen LogP contribution in [0.4, 0.5) is 0 Å². The van der Waals surface area contributed by atoms with Crippen molar-refractivity contribution in [2.45, 2.75) is 24.7 Å². The van der Waals surface area contributed by atoms with Gasteiger partial charge in [-0.1, -0.05) is 18.5 Å². The van der Waals surface area contributed by atoms with Crippen molar-refractivity contribution in [3.05, 3.63) is 21.6 Å². The van der Waals surface area contributed by atoms with Crippen molar-refractivity contribution in [2.24, 2.45) is 5.92 Å². The van der Waals surface area contributed by atoms with E-state index in [2.05, 4.69) is 22.9 Å². The quantitative estimate of drug-likeness (QED) is 0.803. The third kappa shape index (κ3) is 3.13. The lowest BCUT2D eigenvalue weighted by Gasteiger charge is -2.30. The molecule has 0 aromatic heterocycles. The Labute approximate surface area is 133 Å². The summed E-state index contributed by atoms with van der Waals surface area (Å²) in [6.45, 7) is 3.22. The Morgan fingerprint density at radius 2 is 1.95 bits per heavy atom. The molecule has 112 valence electrons. The van der Waals surface area contributed by atoms with E-state index in [1.807, 2.05) is 0 Å². The minimum Gasteiger partial charge on any atom is -0.494 e. The molecule has 1 aromatic carbocycles. The Kier molecular flexibility index (Phi) is 5.00. The first kappa shape index (κ1) is 16.1. The zero-order valence-corrected chi connectivity index (χ0v) is 14.6. The molecule has 4 nitrogen and oxygen atoms in total. The van der Waals surface area contributed by atoms with Crippen molar-refractivity contribution >= 4 is 37.6 Å². The van der Waals surface area contributed by atoms with Crippen LogP contribution in [0.5, 0.6) is 5.75 Å². The standard InChI is InChI=1S/C13H17BrClNO3S/c1-9-3-5-16(6-4-9)20(17,18)12-8-10(15)7-11(14)13(12)19-2/h7-9H,3-6H2,1-2H3. The molecule has 1 aliphatic heterocycles. The number of rotatable bonds is 3. The van der Waals surface area contributed by atoms with Crippen molar-refractivity contribution in [1.29, 1.82) is 0 Å². The van der Waals surface area contributed by atoms with E-state index in [1.165, 1.54) is 17.5 Å². The Morgan fingerprint density at radius 1 is 1.35 bits per heavy atom. The van der Waals surface area contributed by atoms with Crippen molar-refractivity contribution in [3.63, 3.8) is 0 Å². The molecule has 0 saturated carbocycles. The monoisotopic (exact) mass is 381 g/mol. The molecule has 2 rings (SSSR count). The molecule has 1 heterocycles. The second-order valence-electron chi connectivity index (χ2n) is 5.01. The number of ether oxygens (including phenoxy) is 1. The second-order valence-corrected chi connectivity index (χ2v) is 8.20. The zero-order chi connectivity index (χ0) is 14.9. The van der Waals surface area contributed by atoms with Crippen LogP contribution in [0.1, 0.15) is 19.8 Å². The molecule has 1 aliphatic rings. The number of methoxy groups -OCH3 is 1. The highest BCUT2D eigenvalue weighted by Crippen LogP contribution is 2.37. The Balaban J connectivity index is 2.44. The lowest BCUT2D eigenvalue weighted by atomic mass is 10.0. The zero-order valence-electron chi connectivity index (χ0n) is 11.4. The van der Waals surface area contributed by atoms with Gasteiger partial charge in [0.25, 0.3) is 0 Å². The fourth-order valence-electron chi connectivity index (χ4n) is 2.29. The van der Waals surface area contributed by atoms with Crippen molar-refractivity contribution in [3.8, 4) is 5.75 Å². The number of nitrogens with zero attached hydrogens (tertiary/aromatic N) is 1. The van der Waals surface area contributed by atoms with E-state index < -0.39 is 10.0 Å². The predicted octanol–water partition coefficient (Wildman–Crippen LogP) is 3.53. The van der Waals surface area contributed by atoms with Crippen molar-refractivity contribution in [2.75, 3.05) is 20.2 Å². The van der Waals surface area contributed by atoms with E-state index in [4.69, 9.17) is 16.3 Å². The normalized spacial score (nSPS) is 18.2. The van der Waals surface area contributed by atoms with E-state index in [-0.39, 0.29) is 4.90 Å². The average Bonchev–Trinajstić information content (AvgIpc) is 2.38. The van der Waals surface area contributed by atoms with Crippen LogP contribution in [0.25, 0.3) is 0 Å². The van der Waals surface area contributed by atoms with Gasteiger partial charge in [0.15, 0.2) is 5.75 Å². The van der Waals surface area contributed by atoms with Crippen molar-refractivity contribution < 1.29 is 13.2 Å². The average molecular weight is 383 g/mol. The maximum absolute atomic E-state index is 12.7. The topological polar surface area (TPSA) is 46.6 Å². The molecule has 0 radical (unpaired) electrons. The largest absolute Gasteiger partial charge is 0.494 e. The third-order valence-electron chi connectivity index (χ3n) is 3.54. The van der Waals surface area contributed by atoms with E-state index in [9.17, 15) is 8.42 Å². The maximum Gasteiger partial charge on any atom is 0.246 e. The van der Waals surface area contributed by atoms with Gasteiger partial charge < -0.3 is 4.74 Å². The number of piperidine rings is 1. The van der Waals surface area contributed by atoms with E-state index in [0.29, 0.717) is 34.3 Å². The lowest BCUT2D eigenvalue weighted by Crippen LogP contribution is -2.38. The van der Waals surface area contributed by atoms with Crippen LogP contribution in [-0.4, -0.2) is 32.9 Å². The second kappa shape index (κ2) is 6.22. The van der Waals surface area contributed by atoms with Gasteiger partial charge >= 0.3 is 0 Å². The summed E-state index contributed by atoms with van der Waals surface area (Å²) in [5, 5.41) is 0.363. The molecule has 0 spiro atoms. The summed E-state index contributed by atoms with van der Waals surface area (Å²) < 4.78 is 32.8. The van der Waals surface area contributed by atoms with Gasteiger partial charge in [-0.2, -0.15) is 4.31 Å². The predicted molar refractivity (Wildman–Crippen MR) is 82.9 cm³/mol. The van der Waals surface area contributed by atoms with E-state index in [1.54, 1.807) is 6.07 Å².